The van der Waals surface area contributed by atoms with Crippen LogP contribution in [0, 0.1) is 0 Å². The van der Waals surface area contributed by atoms with Gasteiger partial charge in [0, 0.05) is 18.8 Å². The van der Waals surface area contributed by atoms with Crippen LogP contribution in [-0.4, -0.2) is 24.0 Å². The molecule has 1 rings (SSSR count). The zero-order valence-corrected chi connectivity index (χ0v) is 6.74. The van der Waals surface area contributed by atoms with Crippen molar-refractivity contribution in [3.63, 3.8) is 0 Å². The molecule has 0 aliphatic rings. The van der Waals surface area contributed by atoms with Crippen molar-refractivity contribution in [3.8, 4) is 5.88 Å². The minimum Gasteiger partial charge on any atom is -0.305 e. The van der Waals surface area contributed by atoms with Gasteiger partial charge in [0.2, 0.25) is 0 Å². The molecular weight excluding hydrogens is 140 g/mol. The van der Waals surface area contributed by atoms with E-state index in [0.717, 1.165) is 12.1 Å². The summed E-state index contributed by atoms with van der Waals surface area (Å²) in [5.41, 5.74) is 1.01. The van der Waals surface area contributed by atoms with Crippen LogP contribution in [0.1, 0.15) is 5.56 Å². The predicted octanol–water partition coefficient (Wildman–Crippen LogP) is 1.29. The second kappa shape index (κ2) is 3.34. The topological polar surface area (TPSA) is 36.0 Å². The third-order valence-corrected chi connectivity index (χ3v) is 1.30. The minimum atomic E-state index is -0.163. The Labute approximate surface area is 66.3 Å². The second-order valence-corrected chi connectivity index (χ2v) is 2.74. The molecule has 0 aromatic carbocycles. The molecule has 0 saturated carbocycles. The normalized spacial score (nSPS) is 10.5. The molecule has 0 aliphatic heterocycles. The molecule has 0 fully saturated rings. The Morgan fingerprint density at radius 2 is 2.27 bits per heavy atom. The van der Waals surface area contributed by atoms with E-state index in [1.807, 2.05) is 25.1 Å². The summed E-state index contributed by atoms with van der Waals surface area (Å²) in [5, 5.41) is 10.7. The highest BCUT2D eigenvalue weighted by atomic mass is 16.3. The third kappa shape index (κ3) is 2.55. The van der Waals surface area contributed by atoms with E-state index >= 15 is 0 Å². The maximum atomic E-state index is 10.7. The van der Waals surface area contributed by atoms with Crippen molar-refractivity contribution in [2.75, 3.05) is 14.1 Å². The first-order chi connectivity index (χ1) is 5.18. The van der Waals surface area contributed by atoms with Gasteiger partial charge in [-0.25, -0.2) is 4.98 Å². The summed E-state index contributed by atoms with van der Waals surface area (Å²) in [7, 11) is 3.93. The summed E-state index contributed by atoms with van der Waals surface area (Å²) >= 11 is 0. The summed E-state index contributed by atoms with van der Waals surface area (Å²) in [5.74, 6) is -0.163. The average molecular weight is 151 g/mol. The summed E-state index contributed by atoms with van der Waals surface area (Å²) in [6.45, 7) is 0.789. The lowest BCUT2D eigenvalue weighted by molar-refractivity contribution is 0.335. The molecule has 0 amide bonds. The molecule has 0 unspecified atom stereocenters. The molecular formula is C8H11N2O. The smallest absolute Gasteiger partial charge is 0.269 e. The fourth-order valence-electron chi connectivity index (χ4n) is 0.914. The monoisotopic (exact) mass is 151 g/mol. The zero-order chi connectivity index (χ0) is 8.27. The molecule has 0 aliphatic carbocycles. The number of pyridine rings is 1. The highest BCUT2D eigenvalue weighted by Crippen LogP contribution is 2.08. The highest BCUT2D eigenvalue weighted by Gasteiger charge is 1.97. The van der Waals surface area contributed by atoms with E-state index in [2.05, 4.69) is 4.98 Å². The van der Waals surface area contributed by atoms with Gasteiger partial charge in [0.15, 0.2) is 0 Å². The maximum absolute atomic E-state index is 10.7. The van der Waals surface area contributed by atoms with Crippen LogP contribution < -0.4 is 0 Å². The summed E-state index contributed by atoms with van der Waals surface area (Å²) < 4.78 is 0. The van der Waals surface area contributed by atoms with Crippen molar-refractivity contribution in [3.05, 3.63) is 23.9 Å². The van der Waals surface area contributed by atoms with Gasteiger partial charge in [0.05, 0.1) is 0 Å². The largest absolute Gasteiger partial charge is 0.305 e. The van der Waals surface area contributed by atoms with Crippen LogP contribution in [0.3, 0.4) is 0 Å². The Hall–Kier alpha value is -1.09. The Morgan fingerprint density at radius 1 is 1.55 bits per heavy atom. The fraction of sp³-hybridized carbons (Fsp3) is 0.375. The quantitative estimate of drug-likeness (QED) is 0.638. The van der Waals surface area contributed by atoms with Crippen molar-refractivity contribution < 1.29 is 5.11 Å². The molecule has 0 spiro atoms. The van der Waals surface area contributed by atoms with Crippen LogP contribution in [0.5, 0.6) is 5.88 Å². The van der Waals surface area contributed by atoms with Crippen LogP contribution in [-0.2, 0) is 11.7 Å². The maximum Gasteiger partial charge on any atom is 0.269 e. The molecule has 59 valence electrons. The van der Waals surface area contributed by atoms with Gasteiger partial charge in [-0.3, -0.25) is 5.11 Å². The van der Waals surface area contributed by atoms with Crippen molar-refractivity contribution in [1.82, 2.24) is 9.88 Å². The fourth-order valence-corrected chi connectivity index (χ4v) is 0.914. The molecule has 0 bridgehead atoms. The number of aromatic nitrogens is 1. The SMILES string of the molecule is CN(C)Cc1ccnc([O])c1. The summed E-state index contributed by atoms with van der Waals surface area (Å²) in [4.78, 5) is 5.58. The van der Waals surface area contributed by atoms with Gasteiger partial charge in [-0.15, -0.1) is 0 Å². The van der Waals surface area contributed by atoms with E-state index in [9.17, 15) is 5.11 Å². The molecule has 0 N–H and O–H groups in total. The average Bonchev–Trinajstić information content (AvgIpc) is 1.85. The molecule has 11 heavy (non-hydrogen) atoms. The number of rotatable bonds is 2. The molecule has 1 heterocycles. The van der Waals surface area contributed by atoms with Gasteiger partial charge in [-0.1, -0.05) is 0 Å². The molecule has 1 aromatic rings. The van der Waals surface area contributed by atoms with E-state index in [-0.39, 0.29) is 5.88 Å². The summed E-state index contributed by atoms with van der Waals surface area (Å²) in [6.07, 6.45) is 1.54. The number of nitrogens with zero attached hydrogens (tertiary/aromatic N) is 2. The van der Waals surface area contributed by atoms with Crippen LogP contribution in [0.15, 0.2) is 18.3 Å². The van der Waals surface area contributed by atoms with E-state index in [0.29, 0.717) is 0 Å². The Balaban J connectivity index is 2.71. The standard InChI is InChI=1S/C8H11N2O/c1-10(2)6-7-3-4-9-8(11)5-7/h3-5H,6H2,1-2H3. The molecule has 3 nitrogen and oxygen atoms in total. The van der Waals surface area contributed by atoms with Crippen molar-refractivity contribution >= 4 is 0 Å². The number of hydrogen-bond acceptors (Lipinski definition) is 2. The molecule has 0 atom stereocenters. The van der Waals surface area contributed by atoms with Crippen LogP contribution >= 0.6 is 0 Å². The highest BCUT2D eigenvalue weighted by molar-refractivity contribution is 5.18. The Morgan fingerprint density at radius 3 is 2.82 bits per heavy atom. The van der Waals surface area contributed by atoms with E-state index < -0.39 is 0 Å². The Bertz CT molecular complexity index is 235. The van der Waals surface area contributed by atoms with Crippen LogP contribution in [0.2, 0.25) is 0 Å². The van der Waals surface area contributed by atoms with Crippen LogP contribution in [0.4, 0.5) is 0 Å². The molecule has 1 aromatic heterocycles. The first kappa shape index (κ1) is 8.01. The molecule has 3 heteroatoms. The van der Waals surface area contributed by atoms with Gasteiger partial charge in [-0.05, 0) is 25.7 Å². The lowest BCUT2D eigenvalue weighted by Crippen LogP contribution is -2.10. The second-order valence-electron chi connectivity index (χ2n) is 2.74. The van der Waals surface area contributed by atoms with Crippen molar-refractivity contribution in [2.45, 2.75) is 6.54 Å². The van der Waals surface area contributed by atoms with Gasteiger partial charge in [0.25, 0.3) is 5.88 Å². The molecule has 1 radical (unpaired) electrons. The van der Waals surface area contributed by atoms with E-state index in [1.54, 1.807) is 12.3 Å². The first-order valence-corrected chi connectivity index (χ1v) is 3.45. The lowest BCUT2D eigenvalue weighted by Gasteiger charge is -2.08. The van der Waals surface area contributed by atoms with Gasteiger partial charge in [-0.2, -0.15) is 0 Å². The van der Waals surface area contributed by atoms with Crippen molar-refractivity contribution in [2.24, 2.45) is 0 Å². The Kier molecular flexibility index (Phi) is 2.44. The summed E-state index contributed by atoms with van der Waals surface area (Å²) in [6, 6.07) is 3.40. The lowest BCUT2D eigenvalue weighted by atomic mass is 10.2. The first-order valence-electron chi connectivity index (χ1n) is 3.45. The van der Waals surface area contributed by atoms with Gasteiger partial charge < -0.3 is 4.90 Å². The van der Waals surface area contributed by atoms with E-state index in [4.69, 9.17) is 0 Å². The van der Waals surface area contributed by atoms with Gasteiger partial charge >= 0.3 is 0 Å². The number of hydrogen-bond donors (Lipinski definition) is 0. The van der Waals surface area contributed by atoms with Crippen LogP contribution in [0.25, 0.3) is 0 Å². The van der Waals surface area contributed by atoms with Gasteiger partial charge in [0.1, 0.15) is 0 Å². The molecule has 0 saturated heterocycles. The van der Waals surface area contributed by atoms with E-state index in [1.165, 1.54) is 0 Å². The third-order valence-electron chi connectivity index (χ3n) is 1.30. The zero-order valence-electron chi connectivity index (χ0n) is 6.74. The minimum absolute atomic E-state index is 0.163. The van der Waals surface area contributed by atoms with Crippen molar-refractivity contribution in [1.29, 1.82) is 0 Å². The predicted molar refractivity (Wildman–Crippen MR) is 41.8 cm³/mol.